The van der Waals surface area contributed by atoms with E-state index in [2.05, 4.69) is 41.2 Å². The van der Waals surface area contributed by atoms with Crippen molar-refractivity contribution in [1.29, 1.82) is 0 Å². The molecule has 1 aromatic heterocycles. The highest BCUT2D eigenvalue weighted by Gasteiger charge is 2.07. The summed E-state index contributed by atoms with van der Waals surface area (Å²) in [5.74, 6) is 0.699. The number of aromatic nitrogens is 2. The molecule has 0 aliphatic carbocycles. The van der Waals surface area contributed by atoms with Crippen molar-refractivity contribution in [3.8, 4) is 11.3 Å². The number of benzene rings is 1. The van der Waals surface area contributed by atoms with Gasteiger partial charge in [0.1, 0.15) is 5.82 Å². The van der Waals surface area contributed by atoms with E-state index in [-0.39, 0.29) is 6.04 Å². The molecule has 0 spiro atoms. The number of rotatable bonds is 3. The van der Waals surface area contributed by atoms with E-state index >= 15 is 0 Å². The van der Waals surface area contributed by atoms with Gasteiger partial charge in [0.2, 0.25) is 0 Å². The Morgan fingerprint density at radius 3 is 2.39 bits per heavy atom. The zero-order chi connectivity index (χ0) is 13.1. The Kier molecular flexibility index (Phi) is 3.72. The second-order valence-electron chi connectivity index (χ2n) is 4.59. The number of hydrogen-bond acceptors (Lipinski definition) is 3. The maximum absolute atomic E-state index is 5.85. The lowest BCUT2D eigenvalue weighted by molar-refractivity contribution is 0.735. The second kappa shape index (κ2) is 5.27. The highest BCUT2D eigenvalue weighted by molar-refractivity contribution is 5.59. The van der Waals surface area contributed by atoms with E-state index in [1.165, 1.54) is 5.56 Å². The van der Waals surface area contributed by atoms with Gasteiger partial charge in [-0.25, -0.2) is 9.97 Å². The molecule has 0 amide bonds. The van der Waals surface area contributed by atoms with Gasteiger partial charge in [-0.2, -0.15) is 0 Å². The van der Waals surface area contributed by atoms with Gasteiger partial charge in [-0.3, -0.25) is 0 Å². The largest absolute Gasteiger partial charge is 0.322 e. The van der Waals surface area contributed by atoms with Crippen molar-refractivity contribution in [2.45, 2.75) is 33.2 Å². The minimum absolute atomic E-state index is 0.140. The number of nitrogens with zero attached hydrogens (tertiary/aromatic N) is 2. The van der Waals surface area contributed by atoms with E-state index in [9.17, 15) is 0 Å². The standard InChI is InChI=1S/C15H19N3/c1-4-12-5-7-13(8-6-12)14-9-10(2)17-15(18-14)11(3)16/h5-9,11H,4,16H2,1-3H3. The normalized spacial score (nSPS) is 12.4. The van der Waals surface area contributed by atoms with Crippen molar-refractivity contribution in [3.05, 3.63) is 47.4 Å². The van der Waals surface area contributed by atoms with Crippen molar-refractivity contribution in [1.82, 2.24) is 9.97 Å². The molecule has 0 saturated heterocycles. The fourth-order valence-corrected chi connectivity index (χ4v) is 1.85. The lowest BCUT2D eigenvalue weighted by Gasteiger charge is -2.09. The molecule has 0 bridgehead atoms. The van der Waals surface area contributed by atoms with Crippen LogP contribution in [0.4, 0.5) is 0 Å². The predicted octanol–water partition coefficient (Wildman–Crippen LogP) is 3.03. The van der Waals surface area contributed by atoms with Crippen LogP contribution in [-0.2, 0) is 6.42 Å². The van der Waals surface area contributed by atoms with Gasteiger partial charge in [-0.05, 0) is 31.9 Å². The Hall–Kier alpha value is -1.74. The van der Waals surface area contributed by atoms with Gasteiger partial charge in [0.05, 0.1) is 11.7 Å². The topological polar surface area (TPSA) is 51.8 Å². The molecule has 2 N–H and O–H groups in total. The summed E-state index contributed by atoms with van der Waals surface area (Å²) < 4.78 is 0. The molecule has 3 heteroatoms. The maximum Gasteiger partial charge on any atom is 0.145 e. The summed E-state index contributed by atoms with van der Waals surface area (Å²) in [5.41, 5.74) is 10.2. The lowest BCUT2D eigenvalue weighted by Crippen LogP contribution is -2.11. The maximum atomic E-state index is 5.85. The number of nitrogens with two attached hydrogens (primary N) is 1. The molecule has 0 radical (unpaired) electrons. The van der Waals surface area contributed by atoms with Crippen molar-refractivity contribution < 1.29 is 0 Å². The van der Waals surface area contributed by atoms with Crippen LogP contribution < -0.4 is 5.73 Å². The fraction of sp³-hybridized carbons (Fsp3) is 0.333. The van der Waals surface area contributed by atoms with Crippen LogP contribution in [0.1, 0.15) is 37.0 Å². The van der Waals surface area contributed by atoms with Gasteiger partial charge in [0, 0.05) is 11.3 Å². The summed E-state index contributed by atoms with van der Waals surface area (Å²) in [4.78, 5) is 8.88. The average molecular weight is 241 g/mol. The Bertz CT molecular complexity index is 530. The first-order valence-electron chi connectivity index (χ1n) is 6.30. The van der Waals surface area contributed by atoms with Crippen LogP contribution >= 0.6 is 0 Å². The van der Waals surface area contributed by atoms with Crippen LogP contribution in [-0.4, -0.2) is 9.97 Å². The van der Waals surface area contributed by atoms with Crippen molar-refractivity contribution in [3.63, 3.8) is 0 Å². The molecule has 18 heavy (non-hydrogen) atoms. The first kappa shape index (κ1) is 12.7. The predicted molar refractivity (Wildman–Crippen MR) is 74.2 cm³/mol. The van der Waals surface area contributed by atoms with Crippen molar-refractivity contribution in [2.24, 2.45) is 5.73 Å². The number of aryl methyl sites for hydroxylation is 2. The molecule has 0 fully saturated rings. The van der Waals surface area contributed by atoms with Gasteiger partial charge in [0.15, 0.2) is 0 Å². The van der Waals surface area contributed by atoms with Crippen LogP contribution in [0.3, 0.4) is 0 Å². The van der Waals surface area contributed by atoms with Gasteiger partial charge >= 0.3 is 0 Å². The summed E-state index contributed by atoms with van der Waals surface area (Å²) >= 11 is 0. The third kappa shape index (κ3) is 2.74. The SMILES string of the molecule is CCc1ccc(-c2cc(C)nc(C(C)N)n2)cc1. The van der Waals surface area contributed by atoms with Crippen LogP contribution in [0, 0.1) is 6.92 Å². The molecule has 1 atom stereocenters. The fourth-order valence-electron chi connectivity index (χ4n) is 1.85. The van der Waals surface area contributed by atoms with E-state index < -0.39 is 0 Å². The third-order valence-electron chi connectivity index (χ3n) is 2.94. The molecule has 1 unspecified atom stereocenters. The van der Waals surface area contributed by atoms with E-state index in [0.717, 1.165) is 23.4 Å². The van der Waals surface area contributed by atoms with Gasteiger partial charge < -0.3 is 5.73 Å². The summed E-state index contributed by atoms with van der Waals surface area (Å²) in [7, 11) is 0. The molecule has 0 saturated carbocycles. The monoisotopic (exact) mass is 241 g/mol. The van der Waals surface area contributed by atoms with Gasteiger partial charge in [0.25, 0.3) is 0 Å². The summed E-state index contributed by atoms with van der Waals surface area (Å²) in [6.07, 6.45) is 1.05. The minimum atomic E-state index is -0.140. The lowest BCUT2D eigenvalue weighted by atomic mass is 10.1. The Labute approximate surface area is 108 Å². The molecule has 1 aromatic carbocycles. The van der Waals surface area contributed by atoms with Gasteiger partial charge in [-0.1, -0.05) is 31.2 Å². The zero-order valence-corrected chi connectivity index (χ0v) is 11.1. The van der Waals surface area contributed by atoms with E-state index in [1.807, 2.05) is 19.9 Å². The summed E-state index contributed by atoms with van der Waals surface area (Å²) in [5, 5.41) is 0. The molecular weight excluding hydrogens is 222 g/mol. The Morgan fingerprint density at radius 2 is 1.83 bits per heavy atom. The summed E-state index contributed by atoms with van der Waals surface area (Å²) in [6.45, 7) is 6.02. The third-order valence-corrected chi connectivity index (χ3v) is 2.94. The number of hydrogen-bond donors (Lipinski definition) is 1. The van der Waals surface area contributed by atoms with Crippen LogP contribution in [0.25, 0.3) is 11.3 Å². The average Bonchev–Trinajstić information content (AvgIpc) is 2.38. The molecule has 0 aliphatic rings. The Morgan fingerprint density at radius 1 is 1.17 bits per heavy atom. The molecule has 0 aliphatic heterocycles. The van der Waals surface area contributed by atoms with Crippen molar-refractivity contribution in [2.75, 3.05) is 0 Å². The van der Waals surface area contributed by atoms with E-state index in [1.54, 1.807) is 0 Å². The first-order valence-corrected chi connectivity index (χ1v) is 6.30. The smallest absolute Gasteiger partial charge is 0.145 e. The molecular formula is C15H19N3. The first-order chi connectivity index (χ1) is 8.60. The highest BCUT2D eigenvalue weighted by Crippen LogP contribution is 2.20. The second-order valence-corrected chi connectivity index (χ2v) is 4.59. The van der Waals surface area contributed by atoms with Crippen LogP contribution in [0.5, 0.6) is 0 Å². The zero-order valence-electron chi connectivity index (χ0n) is 11.1. The Balaban J connectivity index is 2.42. The minimum Gasteiger partial charge on any atom is -0.322 e. The molecule has 3 nitrogen and oxygen atoms in total. The summed E-state index contributed by atoms with van der Waals surface area (Å²) in [6, 6.07) is 10.3. The van der Waals surface area contributed by atoms with Gasteiger partial charge in [-0.15, -0.1) is 0 Å². The molecule has 2 aromatic rings. The van der Waals surface area contributed by atoms with E-state index in [0.29, 0.717) is 5.82 Å². The van der Waals surface area contributed by atoms with Crippen molar-refractivity contribution >= 4 is 0 Å². The molecule has 1 heterocycles. The highest BCUT2D eigenvalue weighted by atomic mass is 14.9. The van der Waals surface area contributed by atoms with Crippen LogP contribution in [0.15, 0.2) is 30.3 Å². The molecule has 2 rings (SSSR count). The van der Waals surface area contributed by atoms with E-state index in [4.69, 9.17) is 5.73 Å². The quantitative estimate of drug-likeness (QED) is 0.898. The molecule has 94 valence electrons. The van der Waals surface area contributed by atoms with Crippen LogP contribution in [0.2, 0.25) is 0 Å².